The number of nitrogens with zero attached hydrogens (tertiary/aromatic N) is 2. The molecule has 1 N–H and O–H groups in total. The highest BCUT2D eigenvalue weighted by Crippen LogP contribution is 2.05. The first-order valence-corrected chi connectivity index (χ1v) is 6.40. The van der Waals surface area contributed by atoms with Gasteiger partial charge < -0.3 is 15.0 Å². The van der Waals surface area contributed by atoms with Gasteiger partial charge in [-0.2, -0.15) is 0 Å². The largest absolute Gasteiger partial charge is 0.380 e. The Labute approximate surface area is 104 Å². The van der Waals surface area contributed by atoms with Crippen LogP contribution in [0.3, 0.4) is 0 Å². The molecule has 1 aliphatic heterocycles. The summed E-state index contributed by atoms with van der Waals surface area (Å²) in [5.41, 5.74) is 0. The van der Waals surface area contributed by atoms with Crippen molar-refractivity contribution in [2.24, 2.45) is 0 Å². The Kier molecular flexibility index (Phi) is 6.47. The van der Waals surface area contributed by atoms with E-state index in [4.69, 9.17) is 4.74 Å². The number of ether oxygens (including phenoxy) is 1. The van der Waals surface area contributed by atoms with Crippen LogP contribution in [0.2, 0.25) is 0 Å². The van der Waals surface area contributed by atoms with E-state index in [2.05, 4.69) is 17.1 Å². The highest BCUT2D eigenvalue weighted by Gasteiger charge is 2.29. The quantitative estimate of drug-likeness (QED) is 0.655. The van der Waals surface area contributed by atoms with Gasteiger partial charge in [-0.3, -0.25) is 9.69 Å². The van der Waals surface area contributed by atoms with Crippen molar-refractivity contribution in [2.45, 2.75) is 19.4 Å². The molecule has 1 heterocycles. The van der Waals surface area contributed by atoms with Crippen LogP contribution >= 0.6 is 0 Å². The molecule has 0 aromatic heterocycles. The van der Waals surface area contributed by atoms with E-state index in [0.29, 0.717) is 6.61 Å². The first kappa shape index (κ1) is 14.4. The fourth-order valence-electron chi connectivity index (χ4n) is 1.98. The number of carbonyl (C=O) groups excluding carboxylic acids is 1. The minimum absolute atomic E-state index is 0.0380. The lowest BCUT2D eigenvalue weighted by Crippen LogP contribution is -2.58. The van der Waals surface area contributed by atoms with Crippen molar-refractivity contribution >= 4 is 5.91 Å². The molecule has 100 valence electrons. The Bertz CT molecular complexity index is 234. The van der Waals surface area contributed by atoms with Crippen LogP contribution in [0, 0.1) is 0 Å². The predicted octanol–water partition coefficient (Wildman–Crippen LogP) is -0.225. The number of hydrogen-bond acceptors (Lipinski definition) is 4. The lowest BCUT2D eigenvalue weighted by molar-refractivity contribution is -0.135. The van der Waals surface area contributed by atoms with Crippen LogP contribution in [0.25, 0.3) is 0 Å². The third kappa shape index (κ3) is 4.61. The van der Waals surface area contributed by atoms with E-state index in [1.54, 1.807) is 4.90 Å². The Hall–Kier alpha value is -0.650. The van der Waals surface area contributed by atoms with Crippen molar-refractivity contribution in [3.63, 3.8) is 0 Å². The van der Waals surface area contributed by atoms with E-state index in [9.17, 15) is 4.79 Å². The lowest BCUT2D eigenvalue weighted by atomic mass is 10.1. The summed E-state index contributed by atoms with van der Waals surface area (Å²) in [6.07, 6.45) is 1.04. The number of nitrogens with one attached hydrogen (secondary N) is 1. The fraction of sp³-hybridized carbons (Fsp3) is 0.917. The second-order valence-electron chi connectivity index (χ2n) is 4.60. The van der Waals surface area contributed by atoms with Gasteiger partial charge in [0.15, 0.2) is 0 Å². The zero-order valence-electron chi connectivity index (χ0n) is 11.2. The van der Waals surface area contributed by atoms with Crippen molar-refractivity contribution in [1.29, 1.82) is 0 Å². The van der Waals surface area contributed by atoms with Gasteiger partial charge in [-0.25, -0.2) is 0 Å². The summed E-state index contributed by atoms with van der Waals surface area (Å²) in [7, 11) is 3.62. The number of amides is 1. The van der Waals surface area contributed by atoms with Gasteiger partial charge in [-0.05, 0) is 6.42 Å². The minimum Gasteiger partial charge on any atom is -0.380 e. The van der Waals surface area contributed by atoms with E-state index in [0.717, 1.165) is 39.2 Å². The van der Waals surface area contributed by atoms with E-state index in [-0.39, 0.29) is 11.9 Å². The summed E-state index contributed by atoms with van der Waals surface area (Å²) in [5, 5.41) is 3.27. The molecule has 1 atom stereocenters. The Balaban J connectivity index is 2.40. The first-order valence-electron chi connectivity index (χ1n) is 6.40. The molecule has 1 amide bonds. The van der Waals surface area contributed by atoms with Crippen molar-refractivity contribution in [3.05, 3.63) is 0 Å². The van der Waals surface area contributed by atoms with Gasteiger partial charge >= 0.3 is 0 Å². The summed E-state index contributed by atoms with van der Waals surface area (Å²) >= 11 is 0. The molecule has 17 heavy (non-hydrogen) atoms. The second-order valence-corrected chi connectivity index (χ2v) is 4.60. The maximum Gasteiger partial charge on any atom is 0.240 e. The molecule has 0 bridgehead atoms. The summed E-state index contributed by atoms with van der Waals surface area (Å²) in [6.45, 7) is 7.06. The first-order chi connectivity index (χ1) is 8.16. The third-order valence-electron chi connectivity index (χ3n) is 2.95. The van der Waals surface area contributed by atoms with Crippen LogP contribution in [0.4, 0.5) is 0 Å². The molecule has 1 fully saturated rings. The topological polar surface area (TPSA) is 44.8 Å². The smallest absolute Gasteiger partial charge is 0.240 e. The molecule has 1 unspecified atom stereocenters. The normalized spacial score (nSPS) is 21.5. The van der Waals surface area contributed by atoms with Crippen LogP contribution < -0.4 is 5.32 Å². The van der Waals surface area contributed by atoms with Crippen LogP contribution in [0.15, 0.2) is 0 Å². The summed E-state index contributed by atoms with van der Waals surface area (Å²) in [6, 6.07) is -0.0380. The van der Waals surface area contributed by atoms with Gasteiger partial charge in [0.05, 0.1) is 6.61 Å². The van der Waals surface area contributed by atoms with Crippen molar-refractivity contribution < 1.29 is 9.53 Å². The number of rotatable bonds is 6. The van der Waals surface area contributed by atoms with Gasteiger partial charge in [0.25, 0.3) is 0 Å². The van der Waals surface area contributed by atoms with Crippen molar-refractivity contribution in [2.75, 3.05) is 53.5 Å². The van der Waals surface area contributed by atoms with Gasteiger partial charge in [-0.15, -0.1) is 0 Å². The average molecular weight is 243 g/mol. The lowest BCUT2D eigenvalue weighted by Gasteiger charge is -2.36. The maximum absolute atomic E-state index is 12.0. The fourth-order valence-corrected chi connectivity index (χ4v) is 1.98. The second kappa shape index (κ2) is 7.63. The van der Waals surface area contributed by atoms with Crippen molar-refractivity contribution in [1.82, 2.24) is 15.1 Å². The Morgan fingerprint density at radius 3 is 2.88 bits per heavy atom. The van der Waals surface area contributed by atoms with Crippen molar-refractivity contribution in [3.8, 4) is 0 Å². The predicted molar refractivity (Wildman–Crippen MR) is 68.0 cm³/mol. The molecule has 0 spiro atoms. The molecule has 0 saturated carbocycles. The highest BCUT2D eigenvalue weighted by atomic mass is 16.5. The van der Waals surface area contributed by atoms with Gasteiger partial charge in [-0.1, -0.05) is 6.92 Å². The molecular weight excluding hydrogens is 218 g/mol. The molecule has 1 aliphatic rings. The molecule has 1 rings (SSSR count). The molecule has 0 aromatic rings. The van der Waals surface area contributed by atoms with Crippen LogP contribution in [0.5, 0.6) is 0 Å². The monoisotopic (exact) mass is 243 g/mol. The van der Waals surface area contributed by atoms with Crippen LogP contribution in [-0.4, -0.2) is 75.2 Å². The van der Waals surface area contributed by atoms with E-state index in [1.165, 1.54) is 0 Å². The molecule has 1 saturated heterocycles. The zero-order valence-corrected chi connectivity index (χ0v) is 11.2. The molecular formula is C12H25N3O2. The van der Waals surface area contributed by atoms with E-state index >= 15 is 0 Å². The SMILES string of the molecule is CCCOCCN1CCNCC1C(=O)N(C)C. The van der Waals surface area contributed by atoms with Gasteiger partial charge in [0.2, 0.25) is 5.91 Å². The molecule has 5 nitrogen and oxygen atoms in total. The third-order valence-corrected chi connectivity index (χ3v) is 2.95. The molecule has 0 radical (unpaired) electrons. The minimum atomic E-state index is -0.0380. The number of hydrogen-bond donors (Lipinski definition) is 1. The average Bonchev–Trinajstić information content (AvgIpc) is 2.34. The van der Waals surface area contributed by atoms with Gasteiger partial charge in [0.1, 0.15) is 6.04 Å². The Morgan fingerprint density at radius 2 is 2.24 bits per heavy atom. The zero-order chi connectivity index (χ0) is 12.7. The number of carbonyl (C=O) groups is 1. The summed E-state index contributed by atoms with van der Waals surface area (Å²) < 4.78 is 5.49. The van der Waals surface area contributed by atoms with E-state index < -0.39 is 0 Å². The highest BCUT2D eigenvalue weighted by molar-refractivity contribution is 5.81. The molecule has 0 aliphatic carbocycles. The van der Waals surface area contributed by atoms with E-state index in [1.807, 2.05) is 14.1 Å². The molecule has 0 aromatic carbocycles. The standard InChI is InChI=1S/C12H25N3O2/c1-4-8-17-9-7-15-6-5-13-10-11(15)12(16)14(2)3/h11,13H,4-10H2,1-3H3. The molecule has 5 heteroatoms. The summed E-state index contributed by atoms with van der Waals surface area (Å²) in [4.78, 5) is 15.9. The van der Waals surface area contributed by atoms with Gasteiger partial charge in [0, 0.05) is 46.9 Å². The van der Waals surface area contributed by atoms with Crippen LogP contribution in [-0.2, 0) is 9.53 Å². The van der Waals surface area contributed by atoms with Crippen LogP contribution in [0.1, 0.15) is 13.3 Å². The summed E-state index contributed by atoms with van der Waals surface area (Å²) in [5.74, 6) is 0.174. The number of likely N-dealkylation sites (N-methyl/N-ethyl adjacent to an activating group) is 1. The maximum atomic E-state index is 12.0. The number of piperazine rings is 1. The Morgan fingerprint density at radius 1 is 1.47 bits per heavy atom.